The third kappa shape index (κ3) is 6.17. The van der Waals surface area contributed by atoms with Gasteiger partial charge in [-0.1, -0.05) is 27.7 Å². The minimum atomic E-state index is -0.418. The smallest absolute Gasteiger partial charge is 0.358 e. The van der Waals surface area contributed by atoms with Gasteiger partial charge in [0, 0.05) is 17.3 Å². The molecule has 1 N–H and O–H groups in total. The van der Waals surface area contributed by atoms with Gasteiger partial charge in [-0.2, -0.15) is 5.10 Å². The van der Waals surface area contributed by atoms with Gasteiger partial charge in [-0.05, 0) is 68.9 Å². The molecule has 0 unspecified atom stereocenters. The van der Waals surface area contributed by atoms with Crippen molar-refractivity contribution in [2.75, 3.05) is 6.61 Å². The molecule has 0 atom stereocenters. The van der Waals surface area contributed by atoms with E-state index in [1.807, 2.05) is 12.1 Å². The maximum atomic E-state index is 12.4. The topological polar surface area (TPSA) is 73.2 Å². The summed E-state index contributed by atoms with van der Waals surface area (Å²) in [5.41, 5.74) is 2.69. The molecule has 0 bridgehead atoms. The van der Waals surface area contributed by atoms with Crippen LogP contribution in [0.1, 0.15) is 80.4 Å². The second-order valence-electron chi connectivity index (χ2n) is 7.62. The zero-order valence-corrected chi connectivity index (χ0v) is 18.2. The predicted molar refractivity (Wildman–Crippen MR) is 115 cm³/mol. The molecule has 1 heterocycles. The van der Waals surface area contributed by atoms with Crippen LogP contribution in [0.5, 0.6) is 0 Å². The number of hydrogen-bond donors (Lipinski definition) is 1. The zero-order chi connectivity index (χ0) is 21.4. The number of carbonyl (C=O) groups excluding carboxylic acids is 2. The number of aromatic nitrogens is 2. The lowest BCUT2D eigenvalue weighted by Gasteiger charge is -2.15. The quantitative estimate of drug-likeness (QED) is 0.595. The molecule has 1 amide bonds. The molecule has 2 aromatic rings. The standard InChI is InChI=1S/C23H33N3O3/c1-6-18(7-2)24-22(27)17-10-13-19(14-11-17)26-20(12-9-16(4)5)15-21(25-26)23(28)29-8-3/h10-11,13-16,18H,6-9,12H2,1-5H3,(H,24,27). The number of carbonyl (C=O) groups is 2. The van der Waals surface area contributed by atoms with Gasteiger partial charge in [0.2, 0.25) is 0 Å². The minimum absolute atomic E-state index is 0.0713. The number of nitrogens with one attached hydrogen (secondary N) is 1. The highest BCUT2D eigenvalue weighted by Crippen LogP contribution is 2.18. The Hall–Kier alpha value is -2.63. The van der Waals surface area contributed by atoms with E-state index in [1.165, 1.54) is 0 Å². The lowest BCUT2D eigenvalue weighted by Crippen LogP contribution is -2.33. The Morgan fingerprint density at radius 2 is 1.76 bits per heavy atom. The molecule has 0 fully saturated rings. The molecule has 6 nitrogen and oxygen atoms in total. The number of hydrogen-bond acceptors (Lipinski definition) is 4. The summed E-state index contributed by atoms with van der Waals surface area (Å²) in [6.07, 6.45) is 3.61. The zero-order valence-electron chi connectivity index (χ0n) is 18.2. The van der Waals surface area contributed by atoms with Crippen molar-refractivity contribution in [3.63, 3.8) is 0 Å². The largest absolute Gasteiger partial charge is 0.461 e. The van der Waals surface area contributed by atoms with Crippen LogP contribution in [0.2, 0.25) is 0 Å². The second kappa shape index (κ2) is 10.8. The van der Waals surface area contributed by atoms with E-state index in [9.17, 15) is 9.59 Å². The number of ether oxygens (including phenoxy) is 1. The third-order valence-electron chi connectivity index (χ3n) is 4.94. The van der Waals surface area contributed by atoms with E-state index in [0.29, 0.717) is 23.8 Å². The molecule has 0 spiro atoms. The van der Waals surface area contributed by atoms with Crippen LogP contribution in [0.25, 0.3) is 5.69 Å². The maximum absolute atomic E-state index is 12.4. The molecular weight excluding hydrogens is 366 g/mol. The number of benzene rings is 1. The predicted octanol–water partition coefficient (Wildman–Crippen LogP) is 4.56. The molecular formula is C23H33N3O3. The van der Waals surface area contributed by atoms with Crippen molar-refractivity contribution < 1.29 is 14.3 Å². The molecule has 0 aliphatic carbocycles. The van der Waals surface area contributed by atoms with Gasteiger partial charge in [0.05, 0.1) is 12.3 Å². The molecule has 0 saturated heterocycles. The monoisotopic (exact) mass is 399 g/mol. The molecule has 0 radical (unpaired) electrons. The van der Waals surface area contributed by atoms with Crippen LogP contribution < -0.4 is 5.32 Å². The Balaban J connectivity index is 2.27. The first-order chi connectivity index (χ1) is 13.9. The maximum Gasteiger partial charge on any atom is 0.358 e. The average Bonchev–Trinajstić information content (AvgIpc) is 3.15. The fourth-order valence-electron chi connectivity index (χ4n) is 3.08. The van der Waals surface area contributed by atoms with Gasteiger partial charge in [-0.15, -0.1) is 0 Å². The first-order valence-corrected chi connectivity index (χ1v) is 10.6. The summed E-state index contributed by atoms with van der Waals surface area (Å²) in [7, 11) is 0. The van der Waals surface area contributed by atoms with Crippen LogP contribution in [0.3, 0.4) is 0 Å². The summed E-state index contributed by atoms with van der Waals surface area (Å²) < 4.78 is 6.87. The Kier molecular flexibility index (Phi) is 8.43. The van der Waals surface area contributed by atoms with Crippen molar-refractivity contribution >= 4 is 11.9 Å². The van der Waals surface area contributed by atoms with Gasteiger partial charge in [0.25, 0.3) is 5.91 Å². The van der Waals surface area contributed by atoms with Crippen molar-refractivity contribution in [2.45, 2.75) is 66.3 Å². The molecule has 6 heteroatoms. The minimum Gasteiger partial charge on any atom is -0.461 e. The van der Waals surface area contributed by atoms with Gasteiger partial charge in [-0.25, -0.2) is 9.48 Å². The molecule has 1 aromatic carbocycles. The molecule has 0 aliphatic heterocycles. The first-order valence-electron chi connectivity index (χ1n) is 10.6. The van der Waals surface area contributed by atoms with Gasteiger partial charge in [0.15, 0.2) is 5.69 Å². The van der Waals surface area contributed by atoms with E-state index in [1.54, 1.807) is 29.8 Å². The summed E-state index contributed by atoms with van der Waals surface area (Å²) in [6.45, 7) is 10.6. The van der Waals surface area contributed by atoms with Crippen LogP contribution in [0, 0.1) is 5.92 Å². The van der Waals surface area contributed by atoms with Crippen LogP contribution in [0.4, 0.5) is 0 Å². The molecule has 2 rings (SSSR count). The van der Waals surface area contributed by atoms with Crippen LogP contribution in [0.15, 0.2) is 30.3 Å². The third-order valence-corrected chi connectivity index (χ3v) is 4.94. The molecule has 0 aliphatic rings. The van der Waals surface area contributed by atoms with E-state index in [4.69, 9.17) is 4.74 Å². The van der Waals surface area contributed by atoms with Crippen molar-refractivity contribution in [3.05, 3.63) is 47.3 Å². The van der Waals surface area contributed by atoms with Crippen molar-refractivity contribution in [1.82, 2.24) is 15.1 Å². The fourth-order valence-corrected chi connectivity index (χ4v) is 3.08. The number of amides is 1. The Morgan fingerprint density at radius 3 is 2.31 bits per heavy atom. The van der Waals surface area contributed by atoms with E-state index >= 15 is 0 Å². The molecule has 1 aromatic heterocycles. The molecule has 158 valence electrons. The number of esters is 1. The number of aryl methyl sites for hydroxylation is 1. The summed E-state index contributed by atoms with van der Waals surface area (Å²) in [6, 6.07) is 9.30. The molecule has 29 heavy (non-hydrogen) atoms. The SMILES string of the molecule is CCOC(=O)c1cc(CCC(C)C)n(-c2ccc(C(=O)NC(CC)CC)cc2)n1. The lowest BCUT2D eigenvalue weighted by atomic mass is 10.1. The van der Waals surface area contributed by atoms with E-state index in [0.717, 1.165) is 37.1 Å². The van der Waals surface area contributed by atoms with Crippen LogP contribution >= 0.6 is 0 Å². The van der Waals surface area contributed by atoms with E-state index < -0.39 is 5.97 Å². The van der Waals surface area contributed by atoms with E-state index in [2.05, 4.69) is 38.1 Å². The van der Waals surface area contributed by atoms with Crippen LogP contribution in [-0.4, -0.2) is 34.3 Å². The normalized spacial score (nSPS) is 11.1. The van der Waals surface area contributed by atoms with Gasteiger partial charge < -0.3 is 10.1 Å². The van der Waals surface area contributed by atoms with Gasteiger partial charge in [-0.3, -0.25) is 4.79 Å². The van der Waals surface area contributed by atoms with Gasteiger partial charge in [0.1, 0.15) is 0 Å². The Labute approximate surface area is 173 Å². The summed E-state index contributed by atoms with van der Waals surface area (Å²) >= 11 is 0. The Morgan fingerprint density at radius 1 is 1.10 bits per heavy atom. The number of rotatable bonds is 10. The van der Waals surface area contributed by atoms with Crippen molar-refractivity contribution in [3.8, 4) is 5.69 Å². The van der Waals surface area contributed by atoms with Crippen LogP contribution in [-0.2, 0) is 11.2 Å². The number of nitrogens with zero attached hydrogens (tertiary/aromatic N) is 2. The summed E-state index contributed by atoms with van der Waals surface area (Å²) in [5.74, 6) is 0.0525. The highest BCUT2D eigenvalue weighted by molar-refractivity contribution is 5.94. The highest BCUT2D eigenvalue weighted by atomic mass is 16.5. The fraction of sp³-hybridized carbons (Fsp3) is 0.522. The lowest BCUT2D eigenvalue weighted by molar-refractivity contribution is 0.0518. The average molecular weight is 400 g/mol. The second-order valence-corrected chi connectivity index (χ2v) is 7.62. The summed E-state index contributed by atoms with van der Waals surface area (Å²) in [4.78, 5) is 24.6. The van der Waals surface area contributed by atoms with E-state index in [-0.39, 0.29) is 11.9 Å². The Bertz CT molecular complexity index is 805. The summed E-state index contributed by atoms with van der Waals surface area (Å²) in [5, 5.41) is 7.51. The van der Waals surface area contributed by atoms with Crippen molar-refractivity contribution in [1.29, 1.82) is 0 Å². The molecule has 0 saturated carbocycles. The highest BCUT2D eigenvalue weighted by Gasteiger charge is 2.17. The van der Waals surface area contributed by atoms with Crippen molar-refractivity contribution in [2.24, 2.45) is 5.92 Å². The van der Waals surface area contributed by atoms with Gasteiger partial charge >= 0.3 is 5.97 Å². The first kappa shape index (κ1) is 22.7.